The predicted octanol–water partition coefficient (Wildman–Crippen LogP) is 1.92. The number of nitrogens with zero attached hydrogens (tertiary/aromatic N) is 3. The molecule has 0 saturated heterocycles. The van der Waals surface area contributed by atoms with Gasteiger partial charge in [0, 0.05) is 25.3 Å². The lowest BCUT2D eigenvalue weighted by atomic mass is 10.1. The number of amides is 1. The Labute approximate surface area is 140 Å². The predicted molar refractivity (Wildman–Crippen MR) is 89.5 cm³/mol. The molecule has 2 rings (SSSR count). The van der Waals surface area contributed by atoms with Crippen molar-refractivity contribution in [3.05, 3.63) is 41.6 Å². The van der Waals surface area contributed by atoms with Crippen molar-refractivity contribution in [2.45, 2.75) is 13.3 Å². The molecule has 0 radical (unpaired) electrons. The van der Waals surface area contributed by atoms with Gasteiger partial charge >= 0.3 is 0 Å². The minimum atomic E-state index is -0.434. The van der Waals surface area contributed by atoms with Gasteiger partial charge in [-0.15, -0.1) is 0 Å². The molecule has 24 heavy (non-hydrogen) atoms. The number of rotatable bonds is 8. The number of aromatic nitrogens is 3. The normalized spacial score (nSPS) is 11.1. The van der Waals surface area contributed by atoms with E-state index >= 15 is 0 Å². The molecule has 1 amide bonds. The molecule has 0 fully saturated rings. The number of hydrogen-bond donors (Lipinski definition) is 2. The van der Waals surface area contributed by atoms with E-state index in [4.69, 9.17) is 4.74 Å². The van der Waals surface area contributed by atoms with E-state index in [1.54, 1.807) is 0 Å². The lowest BCUT2D eigenvalue weighted by Crippen LogP contribution is -2.26. The minimum Gasteiger partial charge on any atom is -0.382 e. The number of hydrogen-bond acceptors (Lipinski definition) is 5. The first kappa shape index (κ1) is 17.4. The third kappa shape index (κ3) is 4.76. The summed E-state index contributed by atoms with van der Waals surface area (Å²) in [4.78, 5) is 12.1. The van der Waals surface area contributed by atoms with Crippen molar-refractivity contribution in [3.8, 4) is 17.3 Å². The van der Waals surface area contributed by atoms with Gasteiger partial charge in [-0.3, -0.25) is 4.79 Å². The fraction of sp³-hybridized carbons (Fsp3) is 0.294. The monoisotopic (exact) mass is 325 g/mol. The SMILES string of the molecule is CCOCCCNC(=O)/C(C#N)=C/c1n[nH]nc1-c1ccccc1. The fourth-order valence-electron chi connectivity index (χ4n) is 2.05. The molecule has 0 aliphatic carbocycles. The number of nitrogens with one attached hydrogen (secondary N) is 2. The zero-order valence-corrected chi connectivity index (χ0v) is 13.5. The highest BCUT2D eigenvalue weighted by atomic mass is 16.5. The highest BCUT2D eigenvalue weighted by Crippen LogP contribution is 2.20. The van der Waals surface area contributed by atoms with Crippen LogP contribution in [0.2, 0.25) is 0 Å². The average molecular weight is 325 g/mol. The number of carbonyl (C=O) groups is 1. The summed E-state index contributed by atoms with van der Waals surface area (Å²) in [7, 11) is 0. The van der Waals surface area contributed by atoms with Gasteiger partial charge in [0.2, 0.25) is 0 Å². The van der Waals surface area contributed by atoms with Gasteiger partial charge < -0.3 is 10.1 Å². The Bertz CT molecular complexity index is 731. The quantitative estimate of drug-likeness (QED) is 0.438. The topological polar surface area (TPSA) is 104 Å². The summed E-state index contributed by atoms with van der Waals surface area (Å²) >= 11 is 0. The molecule has 0 aliphatic rings. The molecule has 0 aliphatic heterocycles. The van der Waals surface area contributed by atoms with Crippen LogP contribution in [0.25, 0.3) is 17.3 Å². The minimum absolute atomic E-state index is 0.0162. The Balaban J connectivity index is 2.07. The molecule has 0 spiro atoms. The Hall–Kier alpha value is -2.98. The van der Waals surface area contributed by atoms with Crippen molar-refractivity contribution < 1.29 is 9.53 Å². The fourth-order valence-corrected chi connectivity index (χ4v) is 2.05. The van der Waals surface area contributed by atoms with Crippen LogP contribution < -0.4 is 5.32 Å². The summed E-state index contributed by atoms with van der Waals surface area (Å²) in [6.07, 6.45) is 2.13. The van der Waals surface area contributed by atoms with Crippen LogP contribution in [0.1, 0.15) is 19.0 Å². The lowest BCUT2D eigenvalue weighted by Gasteiger charge is -2.04. The molecule has 0 atom stereocenters. The van der Waals surface area contributed by atoms with E-state index in [2.05, 4.69) is 20.7 Å². The molecule has 0 unspecified atom stereocenters. The second kappa shape index (κ2) is 9.22. The van der Waals surface area contributed by atoms with Crippen molar-refractivity contribution in [1.29, 1.82) is 5.26 Å². The number of H-pyrrole nitrogens is 1. The van der Waals surface area contributed by atoms with E-state index in [-0.39, 0.29) is 5.57 Å². The third-order valence-electron chi connectivity index (χ3n) is 3.22. The average Bonchev–Trinajstić information content (AvgIpc) is 3.08. The maximum absolute atomic E-state index is 12.1. The molecule has 0 saturated carbocycles. The molecule has 2 N–H and O–H groups in total. The zero-order chi connectivity index (χ0) is 17.2. The molecule has 7 nitrogen and oxygen atoms in total. The second-order valence-corrected chi connectivity index (χ2v) is 4.90. The van der Waals surface area contributed by atoms with Crippen LogP contribution >= 0.6 is 0 Å². The molecule has 7 heteroatoms. The summed E-state index contributed by atoms with van der Waals surface area (Å²) in [5, 5.41) is 22.6. The van der Waals surface area contributed by atoms with E-state index in [0.717, 1.165) is 5.56 Å². The third-order valence-corrected chi connectivity index (χ3v) is 3.22. The van der Waals surface area contributed by atoms with E-state index in [9.17, 15) is 10.1 Å². The first-order valence-corrected chi connectivity index (χ1v) is 7.70. The van der Waals surface area contributed by atoms with E-state index in [0.29, 0.717) is 37.6 Å². The zero-order valence-electron chi connectivity index (χ0n) is 13.5. The standard InChI is InChI=1S/C17H19N5O2/c1-2-24-10-6-9-19-17(23)14(12-18)11-15-16(21-22-20-15)13-7-4-3-5-8-13/h3-5,7-8,11H,2,6,9-10H2,1H3,(H,19,23)(H,20,21,22)/b14-11+. The highest BCUT2D eigenvalue weighted by molar-refractivity contribution is 6.02. The molecule has 1 aromatic heterocycles. The van der Waals surface area contributed by atoms with Crippen molar-refractivity contribution in [3.63, 3.8) is 0 Å². The number of ether oxygens (including phenoxy) is 1. The van der Waals surface area contributed by atoms with E-state index in [1.165, 1.54) is 6.08 Å². The van der Waals surface area contributed by atoms with E-state index in [1.807, 2.05) is 43.3 Å². The Morgan fingerprint density at radius 3 is 2.88 bits per heavy atom. The van der Waals surface area contributed by atoms with Gasteiger partial charge in [0.25, 0.3) is 5.91 Å². The summed E-state index contributed by atoms with van der Waals surface area (Å²) in [5.74, 6) is -0.434. The van der Waals surface area contributed by atoms with Gasteiger partial charge in [-0.05, 0) is 19.4 Å². The summed E-state index contributed by atoms with van der Waals surface area (Å²) in [6, 6.07) is 11.3. The second-order valence-electron chi connectivity index (χ2n) is 4.90. The van der Waals surface area contributed by atoms with Gasteiger partial charge in [-0.1, -0.05) is 30.3 Å². The molecule has 0 bridgehead atoms. The van der Waals surface area contributed by atoms with Crippen LogP contribution in [-0.4, -0.2) is 41.1 Å². The Kier molecular flexibility index (Phi) is 6.68. The van der Waals surface area contributed by atoms with Crippen LogP contribution in [0.3, 0.4) is 0 Å². The molecular formula is C17H19N5O2. The molecule has 2 aromatic rings. The molecule has 124 valence electrons. The smallest absolute Gasteiger partial charge is 0.262 e. The molecular weight excluding hydrogens is 306 g/mol. The van der Waals surface area contributed by atoms with Crippen LogP contribution in [-0.2, 0) is 9.53 Å². The molecule has 1 aromatic carbocycles. The van der Waals surface area contributed by atoms with Crippen LogP contribution in [0, 0.1) is 11.3 Å². The lowest BCUT2D eigenvalue weighted by molar-refractivity contribution is -0.117. The number of aromatic amines is 1. The van der Waals surface area contributed by atoms with Crippen LogP contribution in [0.4, 0.5) is 0 Å². The first-order valence-electron chi connectivity index (χ1n) is 7.70. The number of benzene rings is 1. The van der Waals surface area contributed by atoms with Gasteiger partial charge in [-0.25, -0.2) is 0 Å². The highest BCUT2D eigenvalue weighted by Gasteiger charge is 2.13. The van der Waals surface area contributed by atoms with Gasteiger partial charge in [0.1, 0.15) is 23.0 Å². The van der Waals surface area contributed by atoms with Gasteiger partial charge in [0.15, 0.2) is 0 Å². The molecule has 1 heterocycles. The van der Waals surface area contributed by atoms with Crippen LogP contribution in [0.15, 0.2) is 35.9 Å². The summed E-state index contributed by atoms with van der Waals surface area (Å²) < 4.78 is 5.20. The summed E-state index contributed by atoms with van der Waals surface area (Å²) in [5.41, 5.74) is 1.87. The van der Waals surface area contributed by atoms with Crippen molar-refractivity contribution in [2.75, 3.05) is 19.8 Å². The van der Waals surface area contributed by atoms with Crippen LogP contribution in [0.5, 0.6) is 0 Å². The number of carbonyl (C=O) groups excluding carboxylic acids is 1. The largest absolute Gasteiger partial charge is 0.382 e. The maximum atomic E-state index is 12.1. The van der Waals surface area contributed by atoms with Gasteiger partial charge in [-0.2, -0.15) is 20.7 Å². The van der Waals surface area contributed by atoms with Crippen molar-refractivity contribution in [1.82, 2.24) is 20.7 Å². The Morgan fingerprint density at radius 2 is 2.17 bits per heavy atom. The van der Waals surface area contributed by atoms with Crippen molar-refractivity contribution in [2.24, 2.45) is 0 Å². The summed E-state index contributed by atoms with van der Waals surface area (Å²) in [6.45, 7) is 3.58. The first-order chi connectivity index (χ1) is 11.8. The number of nitriles is 1. The van der Waals surface area contributed by atoms with E-state index < -0.39 is 5.91 Å². The maximum Gasteiger partial charge on any atom is 0.262 e. The Morgan fingerprint density at radius 1 is 1.38 bits per heavy atom. The van der Waals surface area contributed by atoms with Gasteiger partial charge in [0.05, 0.1) is 0 Å². The van der Waals surface area contributed by atoms with Crippen molar-refractivity contribution >= 4 is 12.0 Å².